The van der Waals surface area contributed by atoms with Crippen molar-refractivity contribution in [3.05, 3.63) is 83.4 Å². The van der Waals surface area contributed by atoms with E-state index in [1.807, 2.05) is 48.5 Å². The Labute approximate surface area is 180 Å². The Balaban J connectivity index is 1.29. The van der Waals surface area contributed by atoms with E-state index >= 15 is 0 Å². The van der Waals surface area contributed by atoms with Crippen LogP contribution in [0.4, 0.5) is 0 Å². The van der Waals surface area contributed by atoms with Crippen molar-refractivity contribution < 1.29 is 19.1 Å². The Morgan fingerprint density at radius 3 is 2.48 bits per heavy atom. The zero-order valence-corrected chi connectivity index (χ0v) is 17.3. The fourth-order valence-corrected chi connectivity index (χ4v) is 3.82. The van der Waals surface area contributed by atoms with Crippen LogP contribution >= 0.6 is 0 Å². The summed E-state index contributed by atoms with van der Waals surface area (Å²) in [5, 5.41) is 4.54. The topological polar surface area (TPSA) is 75.7 Å². The highest BCUT2D eigenvalue weighted by atomic mass is 16.5. The van der Waals surface area contributed by atoms with Crippen LogP contribution in [0.2, 0.25) is 0 Å². The number of ether oxygens (including phenoxy) is 1. The number of carbonyl (C=O) groups is 3. The summed E-state index contributed by atoms with van der Waals surface area (Å²) in [6, 6.07) is 21.1. The summed E-state index contributed by atoms with van der Waals surface area (Å²) in [5.41, 5.74) is 2.82. The Hall–Kier alpha value is -3.67. The van der Waals surface area contributed by atoms with Crippen LogP contribution < -0.4 is 5.32 Å². The second-order valence-corrected chi connectivity index (χ2v) is 7.66. The highest BCUT2D eigenvalue weighted by Crippen LogP contribution is 2.19. The number of hydrogen-bond acceptors (Lipinski definition) is 4. The molecule has 1 N–H and O–H groups in total. The highest BCUT2D eigenvalue weighted by molar-refractivity contribution is 5.99. The zero-order chi connectivity index (χ0) is 21.8. The van der Waals surface area contributed by atoms with E-state index in [4.69, 9.17) is 4.74 Å². The SMILES string of the molecule is C[C@@H](OC(=O)CNC(=O)c1ccc2ccccc2c1)C(=O)N1CCc2ccccc2C1. The van der Waals surface area contributed by atoms with E-state index in [0.29, 0.717) is 18.7 Å². The van der Waals surface area contributed by atoms with Crippen LogP contribution in [-0.2, 0) is 27.3 Å². The number of nitrogens with zero attached hydrogens (tertiary/aromatic N) is 1. The number of carbonyl (C=O) groups excluding carboxylic acids is 3. The number of fused-ring (bicyclic) bond motifs is 2. The molecule has 1 aliphatic heterocycles. The van der Waals surface area contributed by atoms with Crippen LogP contribution in [0.25, 0.3) is 10.8 Å². The third kappa shape index (κ3) is 4.74. The van der Waals surface area contributed by atoms with Crippen molar-refractivity contribution >= 4 is 28.6 Å². The van der Waals surface area contributed by atoms with E-state index in [9.17, 15) is 14.4 Å². The van der Waals surface area contributed by atoms with Gasteiger partial charge in [-0.25, -0.2) is 0 Å². The summed E-state index contributed by atoms with van der Waals surface area (Å²) in [4.78, 5) is 39.0. The number of hydrogen-bond donors (Lipinski definition) is 1. The van der Waals surface area contributed by atoms with Gasteiger partial charge in [0.1, 0.15) is 6.54 Å². The molecule has 6 heteroatoms. The summed E-state index contributed by atoms with van der Waals surface area (Å²) in [6.07, 6.45) is -0.125. The normalized spacial score (nSPS) is 13.9. The molecule has 0 fully saturated rings. The van der Waals surface area contributed by atoms with Gasteiger partial charge in [-0.1, -0.05) is 54.6 Å². The third-order valence-corrected chi connectivity index (χ3v) is 5.50. The van der Waals surface area contributed by atoms with Crippen molar-refractivity contribution in [1.82, 2.24) is 10.2 Å². The Kier molecular flexibility index (Phi) is 5.98. The lowest BCUT2D eigenvalue weighted by molar-refractivity contribution is -0.158. The standard InChI is InChI=1S/C25H24N2O4/c1-17(25(30)27-13-12-19-7-3-5-9-22(19)16-27)31-23(28)15-26-24(29)21-11-10-18-6-2-4-8-20(18)14-21/h2-11,14,17H,12-13,15-16H2,1H3,(H,26,29)/t17-/m1/s1. The van der Waals surface area contributed by atoms with Crippen LogP contribution in [0.15, 0.2) is 66.7 Å². The number of rotatable bonds is 5. The molecule has 0 saturated carbocycles. The molecule has 0 spiro atoms. The monoisotopic (exact) mass is 416 g/mol. The van der Waals surface area contributed by atoms with Gasteiger partial charge in [-0.05, 0) is 47.4 Å². The molecule has 3 aromatic rings. The first kappa shape index (κ1) is 20.6. The Bertz CT molecular complexity index is 1140. The molecule has 158 valence electrons. The molecule has 0 bridgehead atoms. The predicted octanol–water partition coefficient (Wildman–Crippen LogP) is 3.09. The van der Waals surface area contributed by atoms with E-state index in [-0.39, 0.29) is 18.4 Å². The number of benzene rings is 3. The molecule has 3 aromatic carbocycles. The molecule has 1 aliphatic rings. The van der Waals surface area contributed by atoms with Crippen molar-refractivity contribution in [2.45, 2.75) is 26.0 Å². The maximum Gasteiger partial charge on any atom is 0.326 e. The van der Waals surface area contributed by atoms with Gasteiger partial charge in [0.25, 0.3) is 11.8 Å². The molecular formula is C25H24N2O4. The first-order chi connectivity index (χ1) is 15.0. The van der Waals surface area contributed by atoms with Gasteiger partial charge < -0.3 is 15.0 Å². The average molecular weight is 416 g/mol. The number of amides is 2. The van der Waals surface area contributed by atoms with Gasteiger partial charge in [0, 0.05) is 18.7 Å². The lowest BCUT2D eigenvalue weighted by Crippen LogP contribution is -2.43. The molecule has 1 atom stereocenters. The molecule has 0 aliphatic carbocycles. The second-order valence-electron chi connectivity index (χ2n) is 7.66. The Morgan fingerprint density at radius 1 is 0.968 bits per heavy atom. The summed E-state index contributed by atoms with van der Waals surface area (Å²) in [5.74, 6) is -1.24. The van der Waals surface area contributed by atoms with Gasteiger partial charge >= 0.3 is 5.97 Å². The zero-order valence-electron chi connectivity index (χ0n) is 17.3. The van der Waals surface area contributed by atoms with Gasteiger partial charge in [-0.3, -0.25) is 14.4 Å². The fraction of sp³-hybridized carbons (Fsp3) is 0.240. The number of nitrogens with one attached hydrogen (secondary N) is 1. The van der Waals surface area contributed by atoms with E-state index in [1.165, 1.54) is 5.56 Å². The minimum Gasteiger partial charge on any atom is -0.451 e. The molecule has 1 heterocycles. The van der Waals surface area contributed by atoms with Crippen molar-refractivity contribution in [2.75, 3.05) is 13.1 Å². The molecule has 0 radical (unpaired) electrons. The van der Waals surface area contributed by atoms with Crippen LogP contribution in [0.5, 0.6) is 0 Å². The van der Waals surface area contributed by atoms with Gasteiger partial charge in [-0.2, -0.15) is 0 Å². The van der Waals surface area contributed by atoms with Crippen molar-refractivity contribution in [2.24, 2.45) is 0 Å². The molecular weight excluding hydrogens is 392 g/mol. The summed E-state index contributed by atoms with van der Waals surface area (Å²) in [7, 11) is 0. The fourth-order valence-electron chi connectivity index (χ4n) is 3.82. The van der Waals surface area contributed by atoms with Gasteiger partial charge in [0.05, 0.1) is 0 Å². The first-order valence-electron chi connectivity index (χ1n) is 10.3. The highest BCUT2D eigenvalue weighted by Gasteiger charge is 2.27. The quantitative estimate of drug-likeness (QED) is 0.649. The maximum atomic E-state index is 12.7. The molecule has 2 amide bonds. The summed E-state index contributed by atoms with van der Waals surface area (Å²) < 4.78 is 5.26. The van der Waals surface area contributed by atoms with Crippen molar-refractivity contribution in [3.63, 3.8) is 0 Å². The largest absolute Gasteiger partial charge is 0.451 e. The lowest BCUT2D eigenvalue weighted by atomic mass is 9.99. The number of esters is 1. The van der Waals surface area contributed by atoms with E-state index in [1.54, 1.807) is 24.0 Å². The minimum atomic E-state index is -0.907. The summed E-state index contributed by atoms with van der Waals surface area (Å²) in [6.45, 7) is 2.37. The molecule has 0 unspecified atom stereocenters. The first-order valence-corrected chi connectivity index (χ1v) is 10.3. The molecule has 31 heavy (non-hydrogen) atoms. The second kappa shape index (κ2) is 9.00. The van der Waals surface area contributed by atoms with Gasteiger partial charge in [-0.15, -0.1) is 0 Å². The smallest absolute Gasteiger partial charge is 0.326 e. The van der Waals surface area contributed by atoms with Gasteiger partial charge in [0.2, 0.25) is 0 Å². The van der Waals surface area contributed by atoms with Crippen LogP contribution in [0.3, 0.4) is 0 Å². The van der Waals surface area contributed by atoms with E-state index < -0.39 is 12.1 Å². The summed E-state index contributed by atoms with van der Waals surface area (Å²) >= 11 is 0. The minimum absolute atomic E-state index is 0.233. The predicted molar refractivity (Wildman–Crippen MR) is 117 cm³/mol. The lowest BCUT2D eigenvalue weighted by Gasteiger charge is -2.30. The van der Waals surface area contributed by atoms with E-state index in [0.717, 1.165) is 22.8 Å². The maximum absolute atomic E-state index is 12.7. The molecule has 6 nitrogen and oxygen atoms in total. The average Bonchev–Trinajstić information content (AvgIpc) is 2.81. The van der Waals surface area contributed by atoms with Crippen LogP contribution in [0, 0.1) is 0 Å². The Morgan fingerprint density at radius 2 is 1.68 bits per heavy atom. The molecule has 4 rings (SSSR count). The molecule has 0 aromatic heterocycles. The van der Waals surface area contributed by atoms with Crippen LogP contribution in [0.1, 0.15) is 28.4 Å². The van der Waals surface area contributed by atoms with Crippen molar-refractivity contribution in [1.29, 1.82) is 0 Å². The third-order valence-electron chi connectivity index (χ3n) is 5.50. The van der Waals surface area contributed by atoms with Crippen molar-refractivity contribution in [3.8, 4) is 0 Å². The van der Waals surface area contributed by atoms with Crippen LogP contribution in [-0.4, -0.2) is 41.9 Å². The molecule has 0 saturated heterocycles. The van der Waals surface area contributed by atoms with Gasteiger partial charge in [0.15, 0.2) is 6.10 Å². The van der Waals surface area contributed by atoms with E-state index in [2.05, 4.69) is 11.4 Å².